The number of esters is 18. The number of hydrogen-bond donors (Lipinski definition) is 0. The van der Waals surface area contributed by atoms with Gasteiger partial charge >= 0.3 is 107 Å². The molecule has 36 heteroatoms. The van der Waals surface area contributed by atoms with E-state index < -0.39 is 81.0 Å². The molecule has 14 saturated carbocycles. The van der Waals surface area contributed by atoms with E-state index in [1.54, 1.807) is 27.7 Å². The molecule has 0 aromatic rings. The zero-order chi connectivity index (χ0) is 105. The third-order valence-electron chi connectivity index (χ3n) is 35.9. The molecule has 0 spiro atoms. The lowest BCUT2D eigenvalue weighted by Crippen LogP contribution is -2.54. The Labute approximate surface area is 842 Å². The summed E-state index contributed by atoms with van der Waals surface area (Å²) in [4.78, 5) is 206. The van der Waals surface area contributed by atoms with Gasteiger partial charge in [0, 0.05) is 138 Å². The average Bonchev–Trinajstić information content (AvgIpc) is 1.66. The third kappa shape index (κ3) is 20.4. The highest BCUT2D eigenvalue weighted by atomic mass is 16.7. The topological polar surface area (TPSA) is 473 Å². The number of cyclic esters (lactones) is 2. The SMILES string of the molecule is C=C(C)C(=O)OC1(C)CCC2CC1(C)OC2=O.C=C(C)C(=O)OC1CC2CC1C1C(=O)OCC21.C=C(C)C(=O)OC1CC2CC1C1COC(=O)C21.C=C(C)C(=O)OC1CCC2CC1(C)OC2=O.C=CC(=O)OC1(C)C2CC3C(=O)OC1C3C2.C=CC(=O)OC1(C)CCC2CC1(C)OC2=O.C=CC(=O)OC1(CC)C2CC3C(=O)OC1C3C2.C=CC(=O)OC1C2CC3C(=O)OC1C3C2.C=CC(=O)OC1CCC2CC1OC2=O. The lowest BCUT2D eigenvalue weighted by atomic mass is 9.71. The van der Waals surface area contributed by atoms with Crippen molar-refractivity contribution in [3.8, 4) is 0 Å². The van der Waals surface area contributed by atoms with E-state index >= 15 is 0 Å². The van der Waals surface area contributed by atoms with Crippen LogP contribution in [0, 0.1) is 124 Å². The second-order valence-corrected chi connectivity index (χ2v) is 44.7. The third-order valence-corrected chi connectivity index (χ3v) is 35.9. The fourth-order valence-corrected chi connectivity index (χ4v) is 27.8. The normalized spacial score (nSPS) is 41.9. The second kappa shape index (κ2) is 41.4. The smallest absolute Gasteiger partial charge is 0.333 e. The minimum atomic E-state index is -0.744. The fourth-order valence-electron chi connectivity index (χ4n) is 27.8. The van der Waals surface area contributed by atoms with Crippen LogP contribution in [0.1, 0.15) is 224 Å². The Hall–Kier alpha value is -11.9. The minimum Gasteiger partial charge on any atom is -0.465 e. The van der Waals surface area contributed by atoms with Crippen molar-refractivity contribution in [2.75, 3.05) is 13.2 Å². The molecule has 0 radical (unpaired) electrons. The number of rotatable bonds is 19. The van der Waals surface area contributed by atoms with Crippen LogP contribution in [-0.4, -0.2) is 215 Å². The van der Waals surface area contributed by atoms with Crippen molar-refractivity contribution < 1.29 is 172 Å². The molecular formula is C109H136O36. The molecule has 0 aromatic carbocycles. The maximum absolute atomic E-state index is 11.7. The Morgan fingerprint density at radius 1 is 0.359 bits per heavy atom. The second-order valence-electron chi connectivity index (χ2n) is 44.7. The molecule has 23 aliphatic rings. The number of carbonyl (C=O) groups excluding carboxylic acids is 18. The van der Waals surface area contributed by atoms with Crippen molar-refractivity contribution >= 4 is 107 Å². The highest BCUT2D eigenvalue weighted by molar-refractivity contribution is 5.91. The minimum absolute atomic E-state index is 0.00946. The van der Waals surface area contributed by atoms with Gasteiger partial charge in [0.1, 0.15) is 88.5 Å². The van der Waals surface area contributed by atoms with Gasteiger partial charge in [0.05, 0.1) is 66.5 Å². The van der Waals surface area contributed by atoms with Crippen LogP contribution in [0.3, 0.4) is 0 Å². The standard InChI is InChI=1S/3C13H16O4.C13H18O4.C12H14O4.2C12H16O4.C11H12O4.C10H12O4/c1-6(2)12(14)17-10-4-7-3-8(10)9-5-16-13(15)11(7)9;1-6(2)12(14)17-10-4-7-3-8(10)11-9(7)5-16-13(11)15;1-3-10(14)17-13(4-2)7-5-8-9(6-7)12(15)16-11(8)13;1-8(2)10(14)16-12(3)6-5-9-7-13(12,4)17-11(9)15;1-3-9(13)16-12(2)6-4-7-8(5-6)11(14)15-10(7)12;1-7(2)10(13)15-9-5-4-8-6-12(9,3)16-11(8)14;1-4-9(13)15-11(2)6-5-8-7-12(11,3)16-10(8)14;1-2-8(12)14-9-5-3-6-7(4-5)11(13)15-10(6)9;1-2-9(11)13-7-4-3-6-5-8(7)14-10(6)12/h2*7-11H,1,3-5H2,2H3;3,7-9,11H,1,4-6H2,2H3;9H,1,5-7H2,2-4H3;3,6-8,10H,1,4-5H2,2H3;8-9H,1,4-6H2,2-3H3;4,8H,1,5-7H2,2-3H3;2,5-7,9-10H,1,3-4H2;2,6-8H,1,3-5H2. The van der Waals surface area contributed by atoms with Crippen LogP contribution in [-0.2, 0) is 172 Å². The molecular weight excluding hydrogens is 1890 g/mol. The molecule has 37 atom stereocenters. The Morgan fingerprint density at radius 3 is 1.41 bits per heavy atom. The lowest BCUT2D eigenvalue weighted by molar-refractivity contribution is -0.194. The van der Waals surface area contributed by atoms with Crippen molar-refractivity contribution in [2.45, 2.75) is 318 Å². The molecule has 0 N–H and O–H groups in total. The summed E-state index contributed by atoms with van der Waals surface area (Å²) in [7, 11) is 0. The van der Waals surface area contributed by atoms with Crippen LogP contribution in [0.15, 0.2) is 112 Å². The Morgan fingerprint density at radius 2 is 0.828 bits per heavy atom. The van der Waals surface area contributed by atoms with Crippen molar-refractivity contribution in [3.05, 3.63) is 112 Å². The van der Waals surface area contributed by atoms with Gasteiger partial charge in [-0.3, -0.25) is 43.2 Å². The van der Waals surface area contributed by atoms with Crippen LogP contribution in [0.25, 0.3) is 0 Å². The van der Waals surface area contributed by atoms with Gasteiger partial charge in [-0.1, -0.05) is 66.1 Å². The molecule has 0 aromatic heterocycles. The molecule has 37 unspecified atom stereocenters. The molecule has 23 fully saturated rings. The number of hydrogen-bond acceptors (Lipinski definition) is 36. The summed E-state index contributed by atoms with van der Waals surface area (Å²) in [5.41, 5.74) is -3.16. The van der Waals surface area contributed by atoms with Crippen LogP contribution in [0.4, 0.5) is 0 Å². The average molecular weight is 2020 g/mol. The Balaban J connectivity index is 0.000000123. The van der Waals surface area contributed by atoms with E-state index in [1.165, 1.54) is 6.08 Å². The summed E-state index contributed by atoms with van der Waals surface area (Å²) < 4.78 is 95.9. The van der Waals surface area contributed by atoms with Crippen LogP contribution in [0.2, 0.25) is 0 Å². The van der Waals surface area contributed by atoms with E-state index in [1.807, 2.05) is 48.5 Å². The predicted octanol–water partition coefficient (Wildman–Crippen LogP) is 11.7. The molecule has 23 rings (SSSR count). The molecule has 9 heterocycles. The van der Waals surface area contributed by atoms with Gasteiger partial charge < -0.3 is 85.3 Å². The van der Waals surface area contributed by atoms with Gasteiger partial charge in [-0.25, -0.2) is 43.2 Å². The summed E-state index contributed by atoms with van der Waals surface area (Å²) >= 11 is 0. The van der Waals surface area contributed by atoms with E-state index in [9.17, 15) is 86.3 Å². The van der Waals surface area contributed by atoms with Gasteiger partial charge in [-0.15, -0.1) is 0 Å². The molecule has 9 aliphatic heterocycles. The van der Waals surface area contributed by atoms with Gasteiger partial charge in [0.15, 0.2) is 5.60 Å². The van der Waals surface area contributed by atoms with E-state index in [4.69, 9.17) is 85.3 Å². The van der Waals surface area contributed by atoms with E-state index in [0.717, 1.165) is 108 Å². The van der Waals surface area contributed by atoms with E-state index in [-0.39, 0.29) is 215 Å². The molecule has 36 nitrogen and oxygen atoms in total. The summed E-state index contributed by atoms with van der Waals surface area (Å²) in [5, 5.41) is 0. The Kier molecular flexibility index (Phi) is 30.7. The lowest BCUT2D eigenvalue weighted by Gasteiger charge is -2.43. The number of ether oxygens (including phenoxy) is 18. The first kappa shape index (κ1) is 107. The Bertz CT molecular complexity index is 5360. The highest BCUT2D eigenvalue weighted by Crippen LogP contribution is 2.65. The molecule has 145 heavy (non-hydrogen) atoms. The molecule has 788 valence electrons. The van der Waals surface area contributed by atoms with Gasteiger partial charge in [-0.2, -0.15) is 0 Å². The quantitative estimate of drug-likeness (QED) is 0.0658. The van der Waals surface area contributed by atoms with E-state index in [2.05, 4.69) is 59.2 Å². The monoisotopic (exact) mass is 2020 g/mol. The zero-order valence-electron chi connectivity index (χ0n) is 84.4. The summed E-state index contributed by atoms with van der Waals surface area (Å²) in [6, 6.07) is 0. The molecule has 9 saturated heterocycles. The van der Waals surface area contributed by atoms with Crippen molar-refractivity contribution in [1.29, 1.82) is 0 Å². The van der Waals surface area contributed by atoms with Crippen molar-refractivity contribution in [2.24, 2.45) is 124 Å². The van der Waals surface area contributed by atoms with Crippen LogP contribution in [0.5, 0.6) is 0 Å². The van der Waals surface area contributed by atoms with Gasteiger partial charge in [-0.05, 0) is 203 Å². The molecule has 14 aliphatic carbocycles. The van der Waals surface area contributed by atoms with E-state index in [0.29, 0.717) is 129 Å². The maximum atomic E-state index is 11.7. The summed E-state index contributed by atoms with van der Waals surface area (Å²) in [6.07, 6.45) is 21.7. The van der Waals surface area contributed by atoms with Gasteiger partial charge in [0.2, 0.25) is 0 Å². The maximum Gasteiger partial charge on any atom is 0.333 e. The molecule has 18 bridgehead atoms. The van der Waals surface area contributed by atoms with Crippen LogP contribution >= 0.6 is 0 Å². The zero-order valence-corrected chi connectivity index (χ0v) is 84.4. The van der Waals surface area contributed by atoms with Gasteiger partial charge in [0.25, 0.3) is 0 Å². The van der Waals surface area contributed by atoms with Crippen molar-refractivity contribution in [1.82, 2.24) is 0 Å². The summed E-state index contributed by atoms with van der Waals surface area (Å²) in [6.45, 7) is 51.7. The largest absolute Gasteiger partial charge is 0.465 e. The predicted molar refractivity (Wildman–Crippen MR) is 502 cm³/mol. The van der Waals surface area contributed by atoms with Crippen LogP contribution < -0.4 is 0 Å². The highest BCUT2D eigenvalue weighted by Gasteiger charge is 2.73. The summed E-state index contributed by atoms with van der Waals surface area (Å²) in [5.74, 6) is -1.07. The first-order valence-corrected chi connectivity index (χ1v) is 50.9. The first-order valence-electron chi connectivity index (χ1n) is 50.9. The first-order chi connectivity index (χ1) is 68.3. The molecule has 0 amide bonds. The number of carbonyl (C=O) groups is 18. The number of fused-ring (bicyclic) bond motifs is 21. The fraction of sp³-hybridized carbons (Fsp3) is 0.670. The van der Waals surface area contributed by atoms with Crippen molar-refractivity contribution in [3.63, 3.8) is 0 Å².